The van der Waals surface area contributed by atoms with Gasteiger partial charge in [0.25, 0.3) is 0 Å². The van der Waals surface area contributed by atoms with Crippen LogP contribution in [-0.4, -0.2) is 31.3 Å². The van der Waals surface area contributed by atoms with Crippen molar-refractivity contribution in [1.29, 1.82) is 0 Å². The minimum atomic E-state index is -0.755. The minimum absolute atomic E-state index is 0. The van der Waals surface area contributed by atoms with Gasteiger partial charge in [-0.25, -0.2) is 0 Å². The standard InChI is InChI=1S/C25H30NOP.B/c1-18-16-19(2)25(20(3)17-18)28(23-14-10-7-11-15-23)26(5)21(4)24(27)22-12-8-6-9-13-22;/h6-17,21,24,27H,1-5H3;/t21-,24-,28+;/m1./s1. The number of nitrogens with zero attached hydrogens (tertiary/aromatic N) is 1. The van der Waals surface area contributed by atoms with Crippen molar-refractivity contribution in [1.82, 2.24) is 4.67 Å². The largest absolute Gasteiger partial charge is 0.387 e. The van der Waals surface area contributed by atoms with Gasteiger partial charge in [-0.2, -0.15) is 0 Å². The molecule has 0 saturated carbocycles. The second-order valence-corrected chi connectivity index (χ2v) is 9.78. The van der Waals surface area contributed by atoms with E-state index in [1.807, 2.05) is 30.3 Å². The summed E-state index contributed by atoms with van der Waals surface area (Å²) in [6, 6.07) is 25.2. The average molecular weight is 402 g/mol. The summed E-state index contributed by atoms with van der Waals surface area (Å²) in [7, 11) is 1.39. The Morgan fingerprint density at radius 3 is 1.83 bits per heavy atom. The van der Waals surface area contributed by atoms with Crippen LogP contribution in [0.25, 0.3) is 0 Å². The van der Waals surface area contributed by atoms with Crippen LogP contribution in [0.4, 0.5) is 0 Å². The SMILES string of the molecule is Cc1cc(C)c([P@](c2ccccc2)N(C)[C@H](C)[C@@H](O)c2ccccc2)c(C)c1.[B]. The van der Waals surface area contributed by atoms with Crippen LogP contribution in [0.15, 0.2) is 72.8 Å². The third kappa shape index (κ3) is 5.17. The van der Waals surface area contributed by atoms with Crippen LogP contribution in [0.3, 0.4) is 0 Å². The van der Waals surface area contributed by atoms with Crippen molar-refractivity contribution in [3.8, 4) is 0 Å². The van der Waals surface area contributed by atoms with Crippen molar-refractivity contribution in [3.63, 3.8) is 0 Å². The molecular weight excluding hydrogens is 372 g/mol. The topological polar surface area (TPSA) is 23.5 Å². The molecule has 29 heavy (non-hydrogen) atoms. The number of rotatable bonds is 6. The first-order valence-electron chi connectivity index (χ1n) is 9.79. The Hall–Kier alpha value is -1.93. The fraction of sp³-hybridized carbons (Fsp3) is 0.280. The summed E-state index contributed by atoms with van der Waals surface area (Å²) in [6.07, 6.45) is -0.536. The zero-order chi connectivity index (χ0) is 20.3. The predicted octanol–water partition coefficient (Wildman–Crippen LogP) is 4.63. The van der Waals surface area contributed by atoms with Gasteiger partial charge in [0.05, 0.1) is 6.10 Å². The molecule has 3 atom stereocenters. The van der Waals surface area contributed by atoms with Gasteiger partial charge in [-0.15, -0.1) is 0 Å². The molecule has 0 aliphatic carbocycles. The zero-order valence-corrected chi connectivity index (χ0v) is 18.9. The first-order valence-corrected chi connectivity index (χ1v) is 11.1. The summed E-state index contributed by atoms with van der Waals surface area (Å²) >= 11 is 0. The first-order chi connectivity index (χ1) is 13.4. The lowest BCUT2D eigenvalue weighted by atomic mass is 10.0. The summed E-state index contributed by atoms with van der Waals surface area (Å²) in [4.78, 5) is 0. The van der Waals surface area contributed by atoms with Gasteiger partial charge >= 0.3 is 0 Å². The van der Waals surface area contributed by atoms with Gasteiger partial charge in [-0.3, -0.25) is 4.67 Å². The fourth-order valence-corrected chi connectivity index (χ4v) is 6.54. The number of benzene rings is 3. The summed E-state index contributed by atoms with van der Waals surface area (Å²) in [5.74, 6) is 0. The monoisotopic (exact) mass is 402 g/mol. The van der Waals surface area contributed by atoms with Crippen LogP contribution in [0.1, 0.15) is 35.3 Å². The number of hydrogen-bond donors (Lipinski definition) is 1. The Kier molecular flexibility index (Phi) is 8.22. The van der Waals surface area contributed by atoms with Crippen LogP contribution >= 0.6 is 8.07 Å². The molecular formula is C25H30BNOP. The van der Waals surface area contributed by atoms with Crippen molar-refractivity contribution < 1.29 is 5.11 Å². The van der Waals surface area contributed by atoms with E-state index in [0.29, 0.717) is 0 Å². The lowest BCUT2D eigenvalue weighted by Gasteiger charge is -2.37. The molecule has 1 N–H and O–H groups in total. The minimum Gasteiger partial charge on any atom is -0.387 e. The highest BCUT2D eigenvalue weighted by atomic mass is 31.1. The molecule has 3 rings (SSSR count). The molecule has 0 spiro atoms. The highest BCUT2D eigenvalue weighted by molar-refractivity contribution is 7.71. The van der Waals surface area contributed by atoms with Crippen molar-refractivity contribution in [2.24, 2.45) is 0 Å². The number of aliphatic hydroxyl groups excluding tert-OH is 1. The molecule has 3 aromatic rings. The van der Waals surface area contributed by atoms with Crippen molar-refractivity contribution in [2.45, 2.75) is 39.8 Å². The molecule has 0 aliphatic rings. The summed E-state index contributed by atoms with van der Waals surface area (Å²) < 4.78 is 2.37. The lowest BCUT2D eigenvalue weighted by Crippen LogP contribution is -2.37. The molecule has 4 heteroatoms. The normalized spacial score (nSPS) is 14.2. The molecule has 0 amide bonds. The van der Waals surface area contributed by atoms with Gasteiger partial charge < -0.3 is 5.11 Å². The van der Waals surface area contributed by atoms with Crippen molar-refractivity contribution in [2.75, 3.05) is 7.05 Å². The van der Waals surface area contributed by atoms with E-state index in [-0.39, 0.29) is 14.5 Å². The van der Waals surface area contributed by atoms with E-state index in [0.717, 1.165) is 5.56 Å². The summed E-state index contributed by atoms with van der Waals surface area (Å²) in [5, 5.41) is 13.8. The molecule has 3 aromatic carbocycles. The van der Waals surface area contributed by atoms with Crippen LogP contribution < -0.4 is 10.6 Å². The van der Waals surface area contributed by atoms with Gasteiger partial charge in [0.2, 0.25) is 0 Å². The van der Waals surface area contributed by atoms with Gasteiger partial charge in [0, 0.05) is 27.8 Å². The zero-order valence-electron chi connectivity index (χ0n) is 18.0. The van der Waals surface area contributed by atoms with Gasteiger partial charge in [-0.1, -0.05) is 78.4 Å². The molecule has 0 aromatic heterocycles. The summed E-state index contributed by atoms with van der Waals surface area (Å²) in [5.41, 5.74) is 4.89. The van der Waals surface area contributed by atoms with Crippen LogP contribution in [0.5, 0.6) is 0 Å². The average Bonchev–Trinajstić information content (AvgIpc) is 2.70. The van der Waals surface area contributed by atoms with E-state index in [4.69, 9.17) is 0 Å². The second kappa shape index (κ2) is 10.2. The lowest BCUT2D eigenvalue weighted by molar-refractivity contribution is 0.111. The maximum Gasteiger partial charge on any atom is 0.0945 e. The molecule has 0 bridgehead atoms. The van der Waals surface area contributed by atoms with Crippen LogP contribution in [-0.2, 0) is 0 Å². The maximum atomic E-state index is 11.1. The van der Waals surface area contributed by atoms with Crippen molar-refractivity contribution in [3.05, 3.63) is 95.1 Å². The predicted molar refractivity (Wildman–Crippen MR) is 128 cm³/mol. The molecule has 2 nitrogen and oxygen atoms in total. The highest BCUT2D eigenvalue weighted by Crippen LogP contribution is 2.43. The van der Waals surface area contributed by atoms with E-state index >= 15 is 0 Å². The third-order valence-electron chi connectivity index (χ3n) is 5.35. The van der Waals surface area contributed by atoms with E-state index in [9.17, 15) is 5.11 Å². The Morgan fingerprint density at radius 1 is 0.828 bits per heavy atom. The quantitative estimate of drug-likeness (QED) is 0.480. The molecule has 0 unspecified atom stereocenters. The van der Waals surface area contributed by atoms with E-state index < -0.39 is 14.2 Å². The van der Waals surface area contributed by atoms with E-state index in [1.165, 1.54) is 27.3 Å². The number of likely N-dealkylation sites (N-methyl/N-ethyl adjacent to an activating group) is 1. The third-order valence-corrected chi connectivity index (χ3v) is 8.26. The maximum absolute atomic E-state index is 11.1. The Balaban J connectivity index is 0.00000300. The molecule has 0 saturated heterocycles. The Labute approximate surface area is 179 Å². The highest BCUT2D eigenvalue weighted by Gasteiger charge is 2.30. The molecule has 0 heterocycles. The van der Waals surface area contributed by atoms with E-state index in [2.05, 4.69) is 81.9 Å². The number of hydrogen-bond acceptors (Lipinski definition) is 2. The molecule has 0 aliphatic heterocycles. The first kappa shape index (κ1) is 23.4. The number of aryl methyl sites for hydroxylation is 3. The Bertz CT molecular complexity index is 894. The van der Waals surface area contributed by atoms with Crippen LogP contribution in [0, 0.1) is 20.8 Å². The van der Waals surface area contributed by atoms with Gasteiger partial charge in [0.15, 0.2) is 0 Å². The van der Waals surface area contributed by atoms with Gasteiger partial charge in [-0.05, 0) is 56.7 Å². The van der Waals surface area contributed by atoms with Crippen LogP contribution in [0.2, 0.25) is 0 Å². The van der Waals surface area contributed by atoms with Crippen molar-refractivity contribution >= 4 is 27.1 Å². The van der Waals surface area contributed by atoms with E-state index in [1.54, 1.807) is 0 Å². The smallest absolute Gasteiger partial charge is 0.0945 e. The molecule has 3 radical (unpaired) electrons. The molecule has 149 valence electrons. The fourth-order valence-electron chi connectivity index (χ4n) is 3.86. The number of aliphatic hydroxyl groups is 1. The Morgan fingerprint density at radius 2 is 1.31 bits per heavy atom. The molecule has 0 fully saturated rings. The summed E-state index contributed by atoms with van der Waals surface area (Å²) in [6.45, 7) is 8.69. The second-order valence-electron chi connectivity index (χ2n) is 7.56. The van der Waals surface area contributed by atoms with Gasteiger partial charge in [0.1, 0.15) is 0 Å².